The summed E-state index contributed by atoms with van der Waals surface area (Å²) in [5.74, 6) is -0.0879. The summed E-state index contributed by atoms with van der Waals surface area (Å²) < 4.78 is 7.77. The summed E-state index contributed by atoms with van der Waals surface area (Å²) in [5.41, 5.74) is 3.08. The van der Waals surface area contributed by atoms with E-state index in [2.05, 4.69) is 10.4 Å². The SMILES string of the molecule is Cc1nn(C)c(C)c1[C@H]1OCC[C@@H]1C(=O)NC(C)c1cccs1. The monoisotopic (exact) mass is 333 g/mol. The van der Waals surface area contributed by atoms with Gasteiger partial charge in [0, 0.05) is 29.8 Å². The third-order valence-electron chi connectivity index (χ3n) is 4.61. The van der Waals surface area contributed by atoms with Crippen LogP contribution in [0.25, 0.3) is 0 Å². The van der Waals surface area contributed by atoms with Crippen molar-refractivity contribution >= 4 is 17.2 Å². The lowest BCUT2D eigenvalue weighted by Gasteiger charge is -2.21. The van der Waals surface area contributed by atoms with E-state index < -0.39 is 0 Å². The maximum Gasteiger partial charge on any atom is 0.226 e. The molecule has 124 valence electrons. The molecule has 1 saturated heterocycles. The Morgan fingerprint density at radius 1 is 1.52 bits per heavy atom. The van der Waals surface area contributed by atoms with Crippen molar-refractivity contribution in [1.82, 2.24) is 15.1 Å². The van der Waals surface area contributed by atoms with Crippen molar-refractivity contribution in [3.8, 4) is 0 Å². The minimum absolute atomic E-state index is 0.0276. The molecule has 0 aromatic carbocycles. The molecule has 0 bridgehead atoms. The molecule has 0 radical (unpaired) electrons. The minimum Gasteiger partial charge on any atom is -0.373 e. The van der Waals surface area contributed by atoms with Crippen LogP contribution in [-0.2, 0) is 16.6 Å². The number of nitrogens with one attached hydrogen (secondary N) is 1. The van der Waals surface area contributed by atoms with Crippen LogP contribution in [0.2, 0.25) is 0 Å². The maximum absolute atomic E-state index is 12.8. The van der Waals surface area contributed by atoms with Crippen LogP contribution in [0.15, 0.2) is 17.5 Å². The van der Waals surface area contributed by atoms with Crippen molar-refractivity contribution in [2.45, 2.75) is 39.3 Å². The Labute approximate surface area is 140 Å². The highest BCUT2D eigenvalue weighted by Crippen LogP contribution is 2.38. The molecule has 2 aromatic rings. The first kappa shape index (κ1) is 16.2. The second kappa shape index (κ2) is 6.45. The number of carbonyl (C=O) groups excluding carboxylic acids is 1. The molecule has 0 saturated carbocycles. The van der Waals surface area contributed by atoms with Crippen molar-refractivity contribution < 1.29 is 9.53 Å². The standard InChI is InChI=1S/C17H23N3O2S/c1-10(14-6-5-9-23-14)18-17(21)13-7-8-22-16(13)15-11(2)19-20(4)12(15)3/h5-6,9-10,13,16H,7-8H2,1-4H3,(H,18,21)/t10?,13-,16-/m0/s1. The van der Waals surface area contributed by atoms with E-state index in [0.29, 0.717) is 6.61 Å². The van der Waals surface area contributed by atoms with Gasteiger partial charge in [-0.2, -0.15) is 5.10 Å². The van der Waals surface area contributed by atoms with Crippen LogP contribution < -0.4 is 5.32 Å². The van der Waals surface area contributed by atoms with Crippen molar-refractivity contribution in [2.24, 2.45) is 13.0 Å². The van der Waals surface area contributed by atoms with E-state index in [1.807, 2.05) is 50.0 Å². The highest BCUT2D eigenvalue weighted by atomic mass is 32.1. The molecular formula is C17H23N3O2S. The van der Waals surface area contributed by atoms with E-state index in [4.69, 9.17) is 4.74 Å². The number of hydrogen-bond donors (Lipinski definition) is 1. The fraction of sp³-hybridized carbons (Fsp3) is 0.529. The summed E-state index contributed by atoms with van der Waals surface area (Å²) in [5, 5.41) is 9.62. The molecule has 1 N–H and O–H groups in total. The van der Waals surface area contributed by atoms with Crippen LogP contribution in [0, 0.1) is 19.8 Å². The van der Waals surface area contributed by atoms with Gasteiger partial charge < -0.3 is 10.1 Å². The normalized spacial score (nSPS) is 22.3. The summed E-state index contributed by atoms with van der Waals surface area (Å²) in [6, 6.07) is 4.08. The van der Waals surface area contributed by atoms with Gasteiger partial charge in [0.25, 0.3) is 0 Å². The lowest BCUT2D eigenvalue weighted by molar-refractivity contribution is -0.127. The van der Waals surface area contributed by atoms with Gasteiger partial charge in [0.05, 0.1) is 23.8 Å². The van der Waals surface area contributed by atoms with E-state index in [-0.39, 0.29) is 24.0 Å². The first-order valence-electron chi connectivity index (χ1n) is 7.94. The molecule has 0 aliphatic carbocycles. The highest BCUT2D eigenvalue weighted by Gasteiger charge is 2.38. The molecule has 5 nitrogen and oxygen atoms in total. The summed E-state index contributed by atoms with van der Waals surface area (Å²) in [6.45, 7) is 6.65. The number of hydrogen-bond acceptors (Lipinski definition) is 4. The molecule has 3 heterocycles. The van der Waals surface area contributed by atoms with Gasteiger partial charge in [-0.05, 0) is 38.6 Å². The number of amides is 1. The van der Waals surface area contributed by atoms with Gasteiger partial charge in [0.1, 0.15) is 0 Å². The topological polar surface area (TPSA) is 56.2 Å². The van der Waals surface area contributed by atoms with Crippen LogP contribution in [0.4, 0.5) is 0 Å². The van der Waals surface area contributed by atoms with E-state index in [1.165, 1.54) is 4.88 Å². The molecular weight excluding hydrogens is 310 g/mol. The number of thiophene rings is 1. The zero-order valence-corrected chi connectivity index (χ0v) is 14.8. The van der Waals surface area contributed by atoms with Crippen LogP contribution in [-0.4, -0.2) is 22.3 Å². The van der Waals surface area contributed by atoms with E-state index in [0.717, 1.165) is 23.4 Å². The Morgan fingerprint density at radius 3 is 2.91 bits per heavy atom. The number of carbonyl (C=O) groups is 1. The predicted molar refractivity (Wildman–Crippen MR) is 90.4 cm³/mol. The van der Waals surface area contributed by atoms with Crippen molar-refractivity contribution in [1.29, 1.82) is 0 Å². The maximum atomic E-state index is 12.8. The molecule has 0 spiro atoms. The van der Waals surface area contributed by atoms with Gasteiger partial charge in [-0.1, -0.05) is 6.07 Å². The first-order chi connectivity index (χ1) is 11.0. The van der Waals surface area contributed by atoms with Crippen LogP contribution >= 0.6 is 11.3 Å². The molecule has 1 aliphatic heterocycles. The van der Waals surface area contributed by atoms with Gasteiger partial charge >= 0.3 is 0 Å². The molecule has 1 amide bonds. The van der Waals surface area contributed by atoms with Crippen LogP contribution in [0.5, 0.6) is 0 Å². The largest absolute Gasteiger partial charge is 0.373 e. The zero-order chi connectivity index (χ0) is 16.6. The Hall–Kier alpha value is -1.66. The molecule has 23 heavy (non-hydrogen) atoms. The second-order valence-electron chi connectivity index (χ2n) is 6.14. The summed E-state index contributed by atoms with van der Waals surface area (Å²) in [4.78, 5) is 13.9. The van der Waals surface area contributed by atoms with Crippen molar-refractivity contribution in [3.05, 3.63) is 39.3 Å². The number of rotatable bonds is 4. The predicted octanol–water partition coefficient (Wildman–Crippen LogP) is 3.05. The van der Waals surface area contributed by atoms with E-state index in [9.17, 15) is 4.79 Å². The van der Waals surface area contributed by atoms with Crippen LogP contribution in [0.3, 0.4) is 0 Å². The number of ether oxygens (including phenoxy) is 1. The quantitative estimate of drug-likeness (QED) is 0.935. The molecule has 1 unspecified atom stereocenters. The molecule has 6 heteroatoms. The van der Waals surface area contributed by atoms with Crippen LogP contribution in [0.1, 0.15) is 47.3 Å². The number of nitrogens with zero attached hydrogens (tertiary/aromatic N) is 2. The summed E-state index contributed by atoms with van der Waals surface area (Å²) in [6.07, 6.45) is 0.556. The van der Waals surface area contributed by atoms with Gasteiger partial charge in [0.15, 0.2) is 0 Å². The number of aromatic nitrogens is 2. The second-order valence-corrected chi connectivity index (χ2v) is 7.12. The smallest absolute Gasteiger partial charge is 0.226 e. The van der Waals surface area contributed by atoms with Crippen molar-refractivity contribution in [3.63, 3.8) is 0 Å². The average molecular weight is 333 g/mol. The van der Waals surface area contributed by atoms with E-state index in [1.54, 1.807) is 11.3 Å². The third-order valence-corrected chi connectivity index (χ3v) is 5.66. The minimum atomic E-state index is -0.195. The van der Waals surface area contributed by atoms with Gasteiger partial charge in [-0.3, -0.25) is 9.48 Å². The van der Waals surface area contributed by atoms with Gasteiger partial charge in [-0.25, -0.2) is 0 Å². The van der Waals surface area contributed by atoms with E-state index >= 15 is 0 Å². The van der Waals surface area contributed by atoms with Gasteiger partial charge in [0.2, 0.25) is 5.91 Å². The Kier molecular flexibility index (Phi) is 4.55. The molecule has 3 rings (SSSR count). The summed E-state index contributed by atoms with van der Waals surface area (Å²) >= 11 is 1.66. The Bertz CT molecular complexity index is 693. The molecule has 3 atom stereocenters. The zero-order valence-electron chi connectivity index (χ0n) is 14.0. The number of aryl methyl sites for hydroxylation is 2. The fourth-order valence-electron chi connectivity index (χ4n) is 3.27. The molecule has 2 aromatic heterocycles. The highest BCUT2D eigenvalue weighted by molar-refractivity contribution is 7.10. The molecule has 1 aliphatic rings. The lowest BCUT2D eigenvalue weighted by Crippen LogP contribution is -2.34. The average Bonchev–Trinajstić information content (AvgIpc) is 3.21. The Morgan fingerprint density at radius 2 is 2.30 bits per heavy atom. The van der Waals surface area contributed by atoms with Crippen molar-refractivity contribution in [2.75, 3.05) is 6.61 Å². The van der Waals surface area contributed by atoms with Gasteiger partial charge in [-0.15, -0.1) is 11.3 Å². The first-order valence-corrected chi connectivity index (χ1v) is 8.82. The lowest BCUT2D eigenvalue weighted by atomic mass is 9.93. The summed E-state index contributed by atoms with van der Waals surface area (Å²) in [7, 11) is 1.93. The Balaban J connectivity index is 1.77. The molecule has 1 fully saturated rings. The fourth-order valence-corrected chi connectivity index (χ4v) is 4.01. The third kappa shape index (κ3) is 3.05.